The molecule has 25 heavy (non-hydrogen) atoms. The van der Waals surface area contributed by atoms with E-state index < -0.39 is 20.6 Å². The molecule has 1 heterocycles. The summed E-state index contributed by atoms with van der Waals surface area (Å²) in [7, 11) is -4.05. The molecule has 2 aromatic carbocycles. The highest BCUT2D eigenvalue weighted by Crippen LogP contribution is 2.33. The number of rotatable bonds is 5. The molecular weight excluding hydrogens is 352 g/mol. The zero-order valence-electron chi connectivity index (χ0n) is 12.7. The molecule has 130 valence electrons. The summed E-state index contributed by atoms with van der Waals surface area (Å²) in [4.78, 5) is 9.99. The van der Waals surface area contributed by atoms with Crippen LogP contribution >= 0.6 is 0 Å². The molecule has 0 fully saturated rings. The van der Waals surface area contributed by atoms with Crippen molar-refractivity contribution in [3.05, 3.63) is 52.1 Å². The zero-order chi connectivity index (χ0) is 18.0. The van der Waals surface area contributed by atoms with E-state index in [1.54, 1.807) is 18.2 Å². The monoisotopic (exact) mass is 364 g/mol. The van der Waals surface area contributed by atoms with Gasteiger partial charge in [-0.1, -0.05) is 6.07 Å². The molecule has 0 aliphatic carbocycles. The molecule has 0 saturated carbocycles. The number of benzene rings is 2. The van der Waals surface area contributed by atoms with E-state index in [0.717, 1.165) is 17.7 Å². The fraction of sp³-hybridized carbons (Fsp3) is 0.143. The lowest BCUT2D eigenvalue weighted by molar-refractivity contribution is -0.384. The van der Waals surface area contributed by atoms with Crippen molar-refractivity contribution in [3.8, 4) is 11.5 Å². The Kier molecular flexibility index (Phi) is 4.33. The van der Waals surface area contributed by atoms with Crippen LogP contribution in [0, 0.1) is 10.1 Å². The number of azo groups is 1. The first-order chi connectivity index (χ1) is 11.8. The second kappa shape index (κ2) is 6.45. The van der Waals surface area contributed by atoms with Crippen LogP contribution in [0.1, 0.15) is 5.56 Å². The lowest BCUT2D eigenvalue weighted by Crippen LogP contribution is -2.12. The van der Waals surface area contributed by atoms with Crippen LogP contribution in [-0.2, 0) is 16.6 Å². The maximum absolute atomic E-state index is 11.3. The van der Waals surface area contributed by atoms with Gasteiger partial charge in [0.05, 0.1) is 16.4 Å². The van der Waals surface area contributed by atoms with Crippen molar-refractivity contribution in [2.45, 2.75) is 11.4 Å². The van der Waals surface area contributed by atoms with Gasteiger partial charge in [0.1, 0.15) is 0 Å². The summed E-state index contributed by atoms with van der Waals surface area (Å²) in [5.41, 5.74) is 0.205. The largest absolute Gasteiger partial charge is 0.454 e. The highest BCUT2D eigenvalue weighted by molar-refractivity contribution is 7.89. The summed E-state index contributed by atoms with van der Waals surface area (Å²) >= 11 is 0. The summed E-state index contributed by atoms with van der Waals surface area (Å²) in [5, 5.41) is 23.8. The fourth-order valence-corrected chi connectivity index (χ4v) is 2.68. The number of nitrogens with two attached hydrogens (primary N) is 1. The van der Waals surface area contributed by atoms with Gasteiger partial charge in [0.2, 0.25) is 16.8 Å². The summed E-state index contributed by atoms with van der Waals surface area (Å²) in [5.74, 6) is 1.23. The molecule has 1 aliphatic rings. The van der Waals surface area contributed by atoms with Gasteiger partial charge in [0, 0.05) is 6.07 Å². The Bertz CT molecular complexity index is 973. The number of hydrogen-bond acceptors (Lipinski definition) is 8. The topological polar surface area (TPSA) is 146 Å². The molecule has 2 aromatic rings. The summed E-state index contributed by atoms with van der Waals surface area (Å²) in [6, 6.07) is 8.41. The Hall–Kier alpha value is -3.05. The van der Waals surface area contributed by atoms with Crippen LogP contribution in [0.4, 0.5) is 11.4 Å². The van der Waals surface area contributed by atoms with Crippen LogP contribution in [0.3, 0.4) is 0 Å². The molecule has 0 unspecified atom stereocenters. The molecule has 0 spiro atoms. The number of nitro benzene ring substituents is 1. The minimum Gasteiger partial charge on any atom is -0.454 e. The Morgan fingerprint density at radius 3 is 2.64 bits per heavy atom. The molecule has 3 rings (SSSR count). The minimum atomic E-state index is -4.05. The highest BCUT2D eigenvalue weighted by atomic mass is 32.2. The van der Waals surface area contributed by atoms with Crippen molar-refractivity contribution in [3.63, 3.8) is 0 Å². The van der Waals surface area contributed by atoms with Crippen LogP contribution < -0.4 is 14.6 Å². The van der Waals surface area contributed by atoms with Gasteiger partial charge in [-0.25, -0.2) is 13.6 Å². The average Bonchev–Trinajstić information content (AvgIpc) is 3.01. The smallest absolute Gasteiger partial charge is 0.298 e. The van der Waals surface area contributed by atoms with Crippen molar-refractivity contribution < 1.29 is 22.8 Å². The second-order valence-corrected chi connectivity index (χ2v) is 6.60. The number of nitrogens with zero attached hydrogens (tertiary/aromatic N) is 3. The summed E-state index contributed by atoms with van der Waals surface area (Å²) in [6.07, 6.45) is 0. The number of hydrogen-bond donors (Lipinski definition) is 1. The van der Waals surface area contributed by atoms with Gasteiger partial charge in [-0.3, -0.25) is 10.1 Å². The maximum Gasteiger partial charge on any atom is 0.298 e. The van der Waals surface area contributed by atoms with Crippen molar-refractivity contribution in [1.82, 2.24) is 0 Å². The Balaban J connectivity index is 1.82. The molecule has 0 atom stereocenters. The Morgan fingerprint density at radius 2 is 1.92 bits per heavy atom. The molecule has 0 saturated heterocycles. The number of nitro groups is 1. The average molecular weight is 364 g/mol. The van der Waals surface area contributed by atoms with Gasteiger partial charge in [-0.15, -0.1) is 5.11 Å². The third kappa shape index (κ3) is 3.72. The first-order valence-electron chi connectivity index (χ1n) is 6.92. The third-order valence-electron chi connectivity index (χ3n) is 3.34. The highest BCUT2D eigenvalue weighted by Gasteiger charge is 2.19. The summed E-state index contributed by atoms with van der Waals surface area (Å²) < 4.78 is 33.0. The van der Waals surface area contributed by atoms with E-state index in [2.05, 4.69) is 10.2 Å². The van der Waals surface area contributed by atoms with Crippen LogP contribution in [0.2, 0.25) is 0 Å². The van der Waals surface area contributed by atoms with Crippen LogP contribution in [0.15, 0.2) is 51.5 Å². The SMILES string of the molecule is NS(=O)(=O)c1ccc(N=NCc2ccc3c(c2)OCO3)c([N+](=O)[O-])c1. The molecule has 2 N–H and O–H groups in total. The predicted octanol–water partition coefficient (Wildman–Crippen LogP) is 2.25. The fourth-order valence-electron chi connectivity index (χ4n) is 2.14. The second-order valence-electron chi connectivity index (χ2n) is 5.04. The van der Waals surface area contributed by atoms with Crippen LogP contribution in [-0.4, -0.2) is 20.1 Å². The lowest BCUT2D eigenvalue weighted by Gasteiger charge is -2.01. The standard InChI is InChI=1S/C14H12N4O6S/c15-25(21,22)10-2-3-11(12(6-10)18(19)20)17-16-7-9-1-4-13-14(5-9)24-8-23-13/h1-6H,7-8H2,(H2,15,21,22). The number of fused-ring (bicyclic) bond motifs is 1. The van der Waals surface area contributed by atoms with Crippen molar-refractivity contribution >= 4 is 21.4 Å². The van der Waals surface area contributed by atoms with E-state index in [9.17, 15) is 18.5 Å². The Morgan fingerprint density at radius 1 is 1.16 bits per heavy atom. The van der Waals surface area contributed by atoms with E-state index >= 15 is 0 Å². The zero-order valence-corrected chi connectivity index (χ0v) is 13.5. The first kappa shape index (κ1) is 16.8. The van der Waals surface area contributed by atoms with Crippen molar-refractivity contribution in [2.75, 3.05) is 6.79 Å². The Labute approximate surface area is 142 Å². The number of ether oxygens (including phenoxy) is 2. The number of primary sulfonamides is 1. The molecule has 0 radical (unpaired) electrons. The lowest BCUT2D eigenvalue weighted by atomic mass is 10.2. The van der Waals surface area contributed by atoms with Gasteiger partial charge >= 0.3 is 0 Å². The van der Waals surface area contributed by atoms with Gasteiger partial charge < -0.3 is 9.47 Å². The minimum absolute atomic E-state index is 0.0712. The quantitative estimate of drug-likeness (QED) is 0.489. The first-order valence-corrected chi connectivity index (χ1v) is 8.46. The van der Waals surface area contributed by atoms with E-state index in [4.69, 9.17) is 14.6 Å². The third-order valence-corrected chi connectivity index (χ3v) is 4.25. The normalized spacial score (nSPS) is 13.3. The van der Waals surface area contributed by atoms with Gasteiger partial charge in [-0.2, -0.15) is 5.11 Å². The molecular formula is C14H12N4O6S. The molecule has 0 aromatic heterocycles. The van der Waals surface area contributed by atoms with Gasteiger partial charge in [0.15, 0.2) is 17.2 Å². The molecule has 10 nitrogen and oxygen atoms in total. The van der Waals surface area contributed by atoms with E-state index in [1.165, 1.54) is 6.07 Å². The van der Waals surface area contributed by atoms with E-state index in [0.29, 0.717) is 11.5 Å². The van der Waals surface area contributed by atoms with Crippen LogP contribution in [0.5, 0.6) is 11.5 Å². The predicted molar refractivity (Wildman–Crippen MR) is 85.3 cm³/mol. The van der Waals surface area contributed by atoms with Gasteiger partial charge in [0.25, 0.3) is 5.69 Å². The molecule has 1 aliphatic heterocycles. The molecule has 11 heteroatoms. The maximum atomic E-state index is 11.3. The van der Waals surface area contributed by atoms with Crippen molar-refractivity contribution in [2.24, 2.45) is 15.4 Å². The van der Waals surface area contributed by atoms with E-state index in [1.807, 2.05) is 0 Å². The van der Waals surface area contributed by atoms with E-state index in [-0.39, 0.29) is 23.9 Å². The summed E-state index contributed by atoms with van der Waals surface area (Å²) in [6.45, 7) is 0.313. The molecule has 0 amide bonds. The van der Waals surface area contributed by atoms with Crippen LogP contribution in [0.25, 0.3) is 0 Å². The number of sulfonamides is 1. The van der Waals surface area contributed by atoms with Gasteiger partial charge in [-0.05, 0) is 29.8 Å². The molecule has 0 bridgehead atoms. The van der Waals surface area contributed by atoms with Crippen molar-refractivity contribution in [1.29, 1.82) is 0 Å².